The van der Waals surface area contributed by atoms with Gasteiger partial charge in [-0.15, -0.1) is 0 Å². The lowest BCUT2D eigenvalue weighted by Crippen LogP contribution is -2.51. The molecule has 1 aromatic rings. The van der Waals surface area contributed by atoms with Gasteiger partial charge < -0.3 is 18.9 Å². The Hall–Kier alpha value is -3.14. The van der Waals surface area contributed by atoms with Gasteiger partial charge in [0.25, 0.3) is 6.47 Å². The molecule has 2 saturated heterocycles. The summed E-state index contributed by atoms with van der Waals surface area (Å²) in [5, 5.41) is 0. The Bertz CT molecular complexity index is 900. The predicted octanol–water partition coefficient (Wildman–Crippen LogP) is 2.91. The first-order valence-electron chi connectivity index (χ1n) is 11.2. The second kappa shape index (κ2) is 10.4. The highest BCUT2D eigenvalue weighted by Crippen LogP contribution is 2.34. The molecule has 0 radical (unpaired) electrons. The number of benzene rings is 1. The van der Waals surface area contributed by atoms with Crippen LogP contribution < -0.4 is 0 Å². The quantitative estimate of drug-likeness (QED) is 0.436. The molecule has 186 valence electrons. The fraction of sp³-hybridized carbons (Fsp3) is 0.583. The first kappa shape index (κ1) is 25.5. The second-order valence-corrected chi connectivity index (χ2v) is 9.49. The maximum absolute atomic E-state index is 13.5. The van der Waals surface area contributed by atoms with Crippen molar-refractivity contribution in [2.24, 2.45) is 5.92 Å². The van der Waals surface area contributed by atoms with E-state index in [4.69, 9.17) is 18.9 Å². The summed E-state index contributed by atoms with van der Waals surface area (Å²) < 4.78 is 21.5. The molecule has 0 bridgehead atoms. The van der Waals surface area contributed by atoms with Crippen LogP contribution in [0.15, 0.2) is 30.3 Å². The number of hydrogen-bond acceptors (Lipinski definition) is 8. The topological polar surface area (TPSA) is 112 Å². The molecule has 10 heteroatoms. The highest BCUT2D eigenvalue weighted by Gasteiger charge is 2.49. The van der Waals surface area contributed by atoms with Gasteiger partial charge in [-0.3, -0.25) is 14.5 Å². The van der Waals surface area contributed by atoms with E-state index in [1.807, 2.05) is 30.3 Å². The second-order valence-electron chi connectivity index (χ2n) is 9.49. The summed E-state index contributed by atoms with van der Waals surface area (Å²) in [5.74, 6) is -1.29. The van der Waals surface area contributed by atoms with Gasteiger partial charge in [-0.05, 0) is 26.3 Å². The number of rotatable bonds is 7. The molecule has 0 spiro atoms. The molecule has 3 rings (SSSR count). The van der Waals surface area contributed by atoms with E-state index in [-0.39, 0.29) is 19.6 Å². The molecule has 0 unspecified atom stereocenters. The van der Waals surface area contributed by atoms with Crippen LogP contribution in [-0.4, -0.2) is 78.5 Å². The van der Waals surface area contributed by atoms with Gasteiger partial charge in [0.15, 0.2) is 0 Å². The maximum Gasteiger partial charge on any atom is 0.417 e. The average Bonchev–Trinajstić information content (AvgIpc) is 3.37. The number of imide groups is 1. The van der Waals surface area contributed by atoms with Crippen LogP contribution in [-0.2, 0) is 28.5 Å². The number of hydrogen-bond donors (Lipinski definition) is 0. The van der Waals surface area contributed by atoms with Gasteiger partial charge in [0.1, 0.15) is 24.4 Å². The molecule has 1 aromatic carbocycles. The standard InChI is InChI=1S/C24H32N2O8/c1-15(21(28)26-19(13-32-23(26)30)16-9-7-6-8-10-16)20(31-5)18-11-17(33-14-27)12-25(18)22(29)34-24(2,3)4/h6-10,14-15,17-20H,11-13H2,1-5H3/t15-,17+,18+,19+,20-/m1/s1. The van der Waals surface area contributed by atoms with Crippen molar-refractivity contribution in [1.82, 2.24) is 9.80 Å². The Balaban J connectivity index is 1.84. The fourth-order valence-electron chi connectivity index (χ4n) is 4.48. The summed E-state index contributed by atoms with van der Waals surface area (Å²) in [5.41, 5.74) is 0.0378. The van der Waals surface area contributed by atoms with Gasteiger partial charge in [0.05, 0.1) is 24.6 Å². The molecule has 2 aliphatic heterocycles. The van der Waals surface area contributed by atoms with E-state index >= 15 is 0 Å². The number of carbonyl (C=O) groups is 4. The van der Waals surface area contributed by atoms with E-state index in [9.17, 15) is 19.2 Å². The molecular formula is C24H32N2O8. The summed E-state index contributed by atoms with van der Waals surface area (Å²) >= 11 is 0. The van der Waals surface area contributed by atoms with Crippen molar-refractivity contribution in [1.29, 1.82) is 0 Å². The molecule has 0 aliphatic carbocycles. The van der Waals surface area contributed by atoms with Crippen molar-refractivity contribution in [3.05, 3.63) is 35.9 Å². The molecule has 2 aliphatic rings. The lowest BCUT2D eigenvalue weighted by Gasteiger charge is -2.35. The van der Waals surface area contributed by atoms with E-state index in [0.717, 1.165) is 10.5 Å². The highest BCUT2D eigenvalue weighted by atomic mass is 16.6. The molecule has 0 N–H and O–H groups in total. The normalized spacial score (nSPS) is 24.4. The third-order valence-corrected chi connectivity index (χ3v) is 6.01. The number of likely N-dealkylation sites (tertiary alicyclic amines) is 1. The van der Waals surface area contributed by atoms with Gasteiger partial charge in [0.2, 0.25) is 5.91 Å². The van der Waals surface area contributed by atoms with Crippen LogP contribution in [0.3, 0.4) is 0 Å². The summed E-state index contributed by atoms with van der Waals surface area (Å²) in [6, 6.07) is 7.98. The zero-order valence-corrected chi connectivity index (χ0v) is 20.1. The average molecular weight is 477 g/mol. The zero-order valence-electron chi connectivity index (χ0n) is 20.1. The van der Waals surface area contributed by atoms with Crippen molar-refractivity contribution in [2.75, 3.05) is 20.3 Å². The molecule has 0 aromatic heterocycles. The zero-order chi connectivity index (χ0) is 25.0. The minimum absolute atomic E-state index is 0.0572. The monoisotopic (exact) mass is 476 g/mol. The Morgan fingerprint density at radius 1 is 1.21 bits per heavy atom. The molecule has 5 atom stereocenters. The van der Waals surface area contributed by atoms with Gasteiger partial charge in [-0.25, -0.2) is 14.5 Å². The summed E-state index contributed by atoms with van der Waals surface area (Å²) in [4.78, 5) is 52.4. The Morgan fingerprint density at radius 3 is 2.47 bits per heavy atom. The first-order chi connectivity index (χ1) is 16.1. The molecular weight excluding hydrogens is 444 g/mol. The highest BCUT2D eigenvalue weighted by molar-refractivity contribution is 5.95. The van der Waals surface area contributed by atoms with Crippen molar-refractivity contribution in [3.8, 4) is 0 Å². The maximum atomic E-state index is 13.5. The Kier molecular flexibility index (Phi) is 7.81. The van der Waals surface area contributed by atoms with Crippen LogP contribution in [0.1, 0.15) is 45.7 Å². The Morgan fingerprint density at radius 2 is 1.88 bits per heavy atom. The molecule has 2 fully saturated rings. The fourth-order valence-corrected chi connectivity index (χ4v) is 4.48. The van der Waals surface area contributed by atoms with E-state index < -0.39 is 53.9 Å². The van der Waals surface area contributed by atoms with E-state index in [0.29, 0.717) is 6.47 Å². The van der Waals surface area contributed by atoms with E-state index in [1.165, 1.54) is 12.0 Å². The third-order valence-electron chi connectivity index (χ3n) is 6.01. The van der Waals surface area contributed by atoms with Gasteiger partial charge >= 0.3 is 12.2 Å². The van der Waals surface area contributed by atoms with Gasteiger partial charge in [-0.1, -0.05) is 37.3 Å². The summed E-state index contributed by atoms with van der Waals surface area (Å²) in [6.07, 6.45) is -2.41. The summed E-state index contributed by atoms with van der Waals surface area (Å²) in [6.45, 7) is 7.39. The number of cyclic esters (lactones) is 1. The molecule has 34 heavy (non-hydrogen) atoms. The SMILES string of the molecule is CO[C@H]([C@@H](C)C(=O)N1C(=O)OC[C@H]1c1ccccc1)[C@@H]1C[C@H](OC=O)CN1C(=O)OC(C)(C)C. The van der Waals surface area contributed by atoms with Crippen molar-refractivity contribution in [3.63, 3.8) is 0 Å². The largest absolute Gasteiger partial charge is 0.463 e. The van der Waals surface area contributed by atoms with Crippen LogP contribution in [0.25, 0.3) is 0 Å². The lowest BCUT2D eigenvalue weighted by atomic mass is 9.93. The first-order valence-corrected chi connectivity index (χ1v) is 11.2. The summed E-state index contributed by atoms with van der Waals surface area (Å²) in [7, 11) is 1.44. The number of ether oxygens (including phenoxy) is 4. The molecule has 10 nitrogen and oxygen atoms in total. The van der Waals surface area contributed by atoms with Crippen molar-refractivity contribution < 1.29 is 38.1 Å². The minimum atomic E-state index is -0.813. The number of amides is 3. The Labute approximate surface area is 199 Å². The lowest BCUT2D eigenvalue weighted by molar-refractivity contribution is -0.139. The third kappa shape index (κ3) is 5.49. The van der Waals surface area contributed by atoms with E-state index in [1.54, 1.807) is 27.7 Å². The minimum Gasteiger partial charge on any atom is -0.463 e. The van der Waals surface area contributed by atoms with Gasteiger partial charge in [0, 0.05) is 13.5 Å². The van der Waals surface area contributed by atoms with Crippen LogP contribution in [0.2, 0.25) is 0 Å². The predicted molar refractivity (Wildman–Crippen MR) is 120 cm³/mol. The number of nitrogens with zero attached hydrogens (tertiary/aromatic N) is 2. The van der Waals surface area contributed by atoms with Crippen LogP contribution in [0, 0.1) is 5.92 Å². The van der Waals surface area contributed by atoms with Gasteiger partial charge in [-0.2, -0.15) is 0 Å². The number of methoxy groups -OCH3 is 1. The smallest absolute Gasteiger partial charge is 0.417 e. The van der Waals surface area contributed by atoms with Crippen LogP contribution in [0.4, 0.5) is 9.59 Å². The molecule has 0 saturated carbocycles. The van der Waals surface area contributed by atoms with E-state index in [2.05, 4.69) is 0 Å². The van der Waals surface area contributed by atoms with Crippen molar-refractivity contribution in [2.45, 2.75) is 64.0 Å². The number of carbonyl (C=O) groups excluding carboxylic acids is 4. The molecule has 3 amide bonds. The molecule has 2 heterocycles. The van der Waals surface area contributed by atoms with Crippen molar-refractivity contribution >= 4 is 24.6 Å². The van der Waals surface area contributed by atoms with Crippen LogP contribution in [0.5, 0.6) is 0 Å². The van der Waals surface area contributed by atoms with Crippen LogP contribution >= 0.6 is 0 Å².